The standard InChI is InChI=1S/C15H17BrFN3/c1-4-5-18-14-9(2)10(3)19-15(20-14)11-6-12(16)8-13(17)7-11/h6-8H,4-5H2,1-3H3,(H,18,19,20). The summed E-state index contributed by atoms with van der Waals surface area (Å²) in [4.78, 5) is 8.97. The maximum absolute atomic E-state index is 13.5. The van der Waals surface area contributed by atoms with Crippen molar-refractivity contribution in [2.24, 2.45) is 0 Å². The molecule has 2 aromatic rings. The summed E-state index contributed by atoms with van der Waals surface area (Å²) >= 11 is 3.29. The van der Waals surface area contributed by atoms with Crippen LogP contribution in [0.1, 0.15) is 24.6 Å². The third-order valence-electron chi connectivity index (χ3n) is 3.05. The second-order valence-electron chi connectivity index (χ2n) is 4.69. The Morgan fingerprint density at radius 3 is 2.60 bits per heavy atom. The predicted molar refractivity (Wildman–Crippen MR) is 83.4 cm³/mol. The van der Waals surface area contributed by atoms with Gasteiger partial charge in [-0.05, 0) is 38.5 Å². The first kappa shape index (κ1) is 14.9. The number of benzene rings is 1. The summed E-state index contributed by atoms with van der Waals surface area (Å²) in [7, 11) is 0. The number of anilines is 1. The van der Waals surface area contributed by atoms with Gasteiger partial charge in [-0.25, -0.2) is 14.4 Å². The van der Waals surface area contributed by atoms with Crippen LogP contribution in [0.4, 0.5) is 10.2 Å². The van der Waals surface area contributed by atoms with E-state index in [0.29, 0.717) is 15.9 Å². The summed E-state index contributed by atoms with van der Waals surface area (Å²) in [6.45, 7) is 6.87. The van der Waals surface area contributed by atoms with Crippen molar-refractivity contribution in [3.8, 4) is 11.4 Å². The minimum atomic E-state index is -0.306. The molecule has 0 aliphatic carbocycles. The van der Waals surface area contributed by atoms with Crippen molar-refractivity contribution in [3.63, 3.8) is 0 Å². The van der Waals surface area contributed by atoms with Crippen LogP contribution >= 0.6 is 15.9 Å². The van der Waals surface area contributed by atoms with Gasteiger partial charge in [0, 0.05) is 27.8 Å². The van der Waals surface area contributed by atoms with Gasteiger partial charge < -0.3 is 5.32 Å². The molecular weight excluding hydrogens is 321 g/mol. The van der Waals surface area contributed by atoms with Crippen LogP contribution in [0.3, 0.4) is 0 Å². The summed E-state index contributed by atoms with van der Waals surface area (Å²) in [6.07, 6.45) is 1.02. The van der Waals surface area contributed by atoms with Crippen molar-refractivity contribution in [2.75, 3.05) is 11.9 Å². The third kappa shape index (κ3) is 3.33. The number of hydrogen-bond acceptors (Lipinski definition) is 3. The number of aromatic nitrogens is 2. The number of aryl methyl sites for hydroxylation is 1. The second-order valence-corrected chi connectivity index (χ2v) is 5.61. The number of nitrogens with zero attached hydrogens (tertiary/aromatic N) is 2. The molecule has 0 radical (unpaired) electrons. The van der Waals surface area contributed by atoms with Gasteiger partial charge in [-0.2, -0.15) is 0 Å². The van der Waals surface area contributed by atoms with E-state index in [1.54, 1.807) is 0 Å². The average Bonchev–Trinajstić information content (AvgIpc) is 2.39. The van der Waals surface area contributed by atoms with Crippen LogP contribution in [0.25, 0.3) is 11.4 Å². The van der Waals surface area contributed by atoms with Gasteiger partial charge in [0.1, 0.15) is 11.6 Å². The summed E-state index contributed by atoms with van der Waals surface area (Å²) in [6, 6.07) is 4.68. The second kappa shape index (κ2) is 6.31. The average molecular weight is 338 g/mol. The van der Waals surface area contributed by atoms with Crippen LogP contribution in [0.15, 0.2) is 22.7 Å². The molecule has 3 nitrogen and oxygen atoms in total. The van der Waals surface area contributed by atoms with E-state index in [2.05, 4.69) is 38.1 Å². The smallest absolute Gasteiger partial charge is 0.161 e. The van der Waals surface area contributed by atoms with E-state index < -0.39 is 0 Å². The molecule has 1 aromatic carbocycles. The van der Waals surface area contributed by atoms with Gasteiger partial charge in [0.2, 0.25) is 0 Å². The molecule has 5 heteroatoms. The highest BCUT2D eigenvalue weighted by Gasteiger charge is 2.10. The van der Waals surface area contributed by atoms with Crippen LogP contribution < -0.4 is 5.32 Å². The van der Waals surface area contributed by atoms with Gasteiger partial charge in [0.05, 0.1) is 0 Å². The van der Waals surface area contributed by atoms with Gasteiger partial charge in [-0.1, -0.05) is 22.9 Å². The lowest BCUT2D eigenvalue weighted by Gasteiger charge is -2.12. The minimum Gasteiger partial charge on any atom is -0.370 e. The quantitative estimate of drug-likeness (QED) is 0.893. The molecule has 0 aliphatic heterocycles. The predicted octanol–water partition coefficient (Wildman–Crippen LogP) is 4.48. The fourth-order valence-corrected chi connectivity index (χ4v) is 2.32. The van der Waals surface area contributed by atoms with E-state index in [0.717, 1.165) is 30.0 Å². The lowest BCUT2D eigenvalue weighted by molar-refractivity contribution is 0.627. The monoisotopic (exact) mass is 337 g/mol. The molecule has 0 aliphatic rings. The van der Waals surface area contributed by atoms with Gasteiger partial charge in [0.15, 0.2) is 5.82 Å². The van der Waals surface area contributed by atoms with Gasteiger partial charge >= 0.3 is 0 Å². The maximum atomic E-state index is 13.5. The summed E-state index contributed by atoms with van der Waals surface area (Å²) in [5.74, 6) is 1.04. The largest absolute Gasteiger partial charge is 0.370 e. The summed E-state index contributed by atoms with van der Waals surface area (Å²) in [5.41, 5.74) is 2.59. The Labute approximate surface area is 126 Å². The zero-order valence-electron chi connectivity index (χ0n) is 11.8. The highest BCUT2D eigenvalue weighted by atomic mass is 79.9. The van der Waals surface area contributed by atoms with Gasteiger partial charge in [-0.15, -0.1) is 0 Å². The molecular formula is C15H17BrFN3. The first-order valence-corrected chi connectivity index (χ1v) is 7.36. The van der Waals surface area contributed by atoms with E-state index in [1.807, 2.05) is 19.9 Å². The SMILES string of the molecule is CCCNc1nc(-c2cc(F)cc(Br)c2)nc(C)c1C. The van der Waals surface area contributed by atoms with Crippen molar-refractivity contribution < 1.29 is 4.39 Å². The molecule has 0 amide bonds. The molecule has 106 valence electrons. The normalized spacial score (nSPS) is 10.7. The van der Waals surface area contributed by atoms with Crippen LogP contribution in [0, 0.1) is 19.7 Å². The first-order chi connectivity index (χ1) is 9.51. The molecule has 0 saturated heterocycles. The Bertz CT molecular complexity index is 609. The highest BCUT2D eigenvalue weighted by molar-refractivity contribution is 9.10. The maximum Gasteiger partial charge on any atom is 0.161 e. The van der Waals surface area contributed by atoms with Gasteiger partial charge in [-0.3, -0.25) is 0 Å². The van der Waals surface area contributed by atoms with E-state index in [4.69, 9.17) is 0 Å². The van der Waals surface area contributed by atoms with Crippen LogP contribution in [0.2, 0.25) is 0 Å². The molecule has 0 spiro atoms. The van der Waals surface area contributed by atoms with E-state index in [9.17, 15) is 4.39 Å². The van der Waals surface area contributed by atoms with Crippen LogP contribution in [-0.2, 0) is 0 Å². The van der Waals surface area contributed by atoms with Crippen molar-refractivity contribution in [1.29, 1.82) is 0 Å². The lowest BCUT2D eigenvalue weighted by Crippen LogP contribution is -2.07. The molecule has 20 heavy (non-hydrogen) atoms. The van der Waals surface area contributed by atoms with Crippen molar-refractivity contribution in [1.82, 2.24) is 9.97 Å². The molecule has 0 bridgehead atoms. The molecule has 1 heterocycles. The number of rotatable bonds is 4. The van der Waals surface area contributed by atoms with Crippen molar-refractivity contribution >= 4 is 21.7 Å². The van der Waals surface area contributed by atoms with E-state index in [1.165, 1.54) is 12.1 Å². The van der Waals surface area contributed by atoms with Crippen molar-refractivity contribution in [2.45, 2.75) is 27.2 Å². The molecule has 2 rings (SSSR count). The van der Waals surface area contributed by atoms with Crippen molar-refractivity contribution in [3.05, 3.63) is 39.7 Å². The fraction of sp³-hybridized carbons (Fsp3) is 0.333. The molecule has 0 atom stereocenters. The van der Waals surface area contributed by atoms with E-state index >= 15 is 0 Å². The first-order valence-electron chi connectivity index (χ1n) is 6.57. The molecule has 0 unspecified atom stereocenters. The van der Waals surface area contributed by atoms with E-state index in [-0.39, 0.29) is 5.82 Å². The lowest BCUT2D eigenvalue weighted by atomic mass is 10.2. The fourth-order valence-electron chi connectivity index (χ4n) is 1.86. The zero-order chi connectivity index (χ0) is 14.7. The number of halogens is 2. The summed E-state index contributed by atoms with van der Waals surface area (Å²) < 4.78 is 14.2. The van der Waals surface area contributed by atoms with Crippen LogP contribution in [-0.4, -0.2) is 16.5 Å². The Hall–Kier alpha value is -1.49. The molecule has 0 fully saturated rings. The van der Waals surface area contributed by atoms with Gasteiger partial charge in [0.25, 0.3) is 0 Å². The number of nitrogens with one attached hydrogen (secondary N) is 1. The zero-order valence-corrected chi connectivity index (χ0v) is 13.4. The molecule has 1 N–H and O–H groups in total. The third-order valence-corrected chi connectivity index (χ3v) is 3.51. The highest BCUT2D eigenvalue weighted by Crippen LogP contribution is 2.25. The Morgan fingerprint density at radius 1 is 1.20 bits per heavy atom. The topological polar surface area (TPSA) is 37.8 Å². The summed E-state index contributed by atoms with van der Waals surface area (Å²) in [5, 5.41) is 3.29. The molecule has 1 aromatic heterocycles. The Morgan fingerprint density at radius 2 is 1.95 bits per heavy atom. The van der Waals surface area contributed by atoms with Crippen LogP contribution in [0.5, 0.6) is 0 Å². The molecule has 0 saturated carbocycles. The minimum absolute atomic E-state index is 0.306. The Balaban J connectivity index is 2.48. The number of hydrogen-bond donors (Lipinski definition) is 1. The Kier molecular flexibility index (Phi) is 4.70.